The molecule has 0 spiro atoms. The predicted molar refractivity (Wildman–Crippen MR) is 132 cm³/mol. The Labute approximate surface area is 202 Å². The number of aromatic amines is 1. The Morgan fingerprint density at radius 3 is 2.57 bits per heavy atom. The molecule has 2 aliphatic rings. The third-order valence-corrected chi connectivity index (χ3v) is 6.65. The fourth-order valence-electron chi connectivity index (χ4n) is 4.89. The molecule has 1 saturated heterocycles. The minimum absolute atomic E-state index is 0.289. The number of amidine groups is 1. The molecule has 0 amide bonds. The summed E-state index contributed by atoms with van der Waals surface area (Å²) in [6.45, 7) is 4.00. The third kappa shape index (κ3) is 4.03. The highest BCUT2D eigenvalue weighted by Crippen LogP contribution is 2.41. The van der Waals surface area contributed by atoms with E-state index in [4.69, 9.17) is 24.4 Å². The zero-order chi connectivity index (χ0) is 24.5. The average molecular weight is 480 g/mol. The Kier molecular flexibility index (Phi) is 6.21. The van der Waals surface area contributed by atoms with Crippen LogP contribution in [-0.4, -0.2) is 74.9 Å². The number of rotatable bonds is 5. The molecule has 0 unspecified atom stereocenters. The average Bonchev–Trinajstić information content (AvgIpc) is 2.91. The number of nitrogens with one attached hydrogen (secondary N) is 2. The molecule has 0 bridgehead atoms. The van der Waals surface area contributed by atoms with Crippen molar-refractivity contribution in [3.05, 3.63) is 51.3 Å². The number of aromatic nitrogens is 2. The second kappa shape index (κ2) is 9.46. The molecule has 184 valence electrons. The van der Waals surface area contributed by atoms with Gasteiger partial charge in [-0.3, -0.25) is 10.2 Å². The van der Waals surface area contributed by atoms with Crippen LogP contribution in [-0.2, 0) is 17.7 Å². The summed E-state index contributed by atoms with van der Waals surface area (Å²) in [6.07, 6.45) is 0.745. The summed E-state index contributed by atoms with van der Waals surface area (Å²) in [5.74, 6) is 2.13. The Balaban J connectivity index is 1.49. The lowest BCUT2D eigenvalue weighted by Crippen LogP contribution is -2.42. The van der Waals surface area contributed by atoms with E-state index < -0.39 is 5.56 Å². The zero-order valence-electron chi connectivity index (χ0n) is 20.1. The molecule has 10 nitrogen and oxygen atoms in total. The van der Waals surface area contributed by atoms with Crippen LogP contribution < -0.4 is 24.7 Å². The maximum atomic E-state index is 13.1. The Morgan fingerprint density at radius 2 is 1.86 bits per heavy atom. The fourth-order valence-corrected chi connectivity index (χ4v) is 4.89. The van der Waals surface area contributed by atoms with Gasteiger partial charge in [0.2, 0.25) is 11.7 Å². The first-order valence-corrected chi connectivity index (χ1v) is 11.6. The van der Waals surface area contributed by atoms with Crippen LogP contribution in [0, 0.1) is 5.41 Å². The van der Waals surface area contributed by atoms with Gasteiger partial charge in [-0.1, -0.05) is 18.2 Å². The monoisotopic (exact) mass is 479 g/mol. The number of benzene rings is 2. The lowest BCUT2D eigenvalue weighted by atomic mass is 9.93. The number of hydrogen-bond donors (Lipinski definition) is 2. The van der Waals surface area contributed by atoms with E-state index in [0.29, 0.717) is 60.5 Å². The van der Waals surface area contributed by atoms with Crippen LogP contribution in [0.2, 0.25) is 0 Å². The van der Waals surface area contributed by atoms with Gasteiger partial charge in [-0.2, -0.15) is 4.98 Å². The van der Waals surface area contributed by atoms with Gasteiger partial charge >= 0.3 is 0 Å². The molecule has 2 N–H and O–H groups in total. The van der Waals surface area contributed by atoms with Crippen molar-refractivity contribution < 1.29 is 18.9 Å². The van der Waals surface area contributed by atoms with Crippen molar-refractivity contribution in [2.24, 2.45) is 0 Å². The first-order chi connectivity index (χ1) is 17.0. The number of nitrogens with zero attached hydrogens (tertiary/aromatic N) is 3. The summed E-state index contributed by atoms with van der Waals surface area (Å²) in [6, 6.07) is 7.82. The molecule has 5 rings (SSSR count). The van der Waals surface area contributed by atoms with Crippen LogP contribution in [0.5, 0.6) is 17.2 Å². The largest absolute Gasteiger partial charge is 0.493 e. The van der Waals surface area contributed by atoms with E-state index in [1.165, 1.54) is 26.9 Å². The molecule has 2 aliphatic heterocycles. The SMILES string of the molecule is COc1cc2[nH]c(N3CCc4c(cccc4C(=N)N4CCOCC4)C3)nc(=O)c2c(OC)c1OC. The maximum absolute atomic E-state index is 13.1. The van der Waals surface area contributed by atoms with Crippen LogP contribution in [0.25, 0.3) is 10.9 Å². The summed E-state index contributed by atoms with van der Waals surface area (Å²) >= 11 is 0. The second-order valence-electron chi connectivity index (χ2n) is 8.50. The maximum Gasteiger partial charge on any atom is 0.286 e. The van der Waals surface area contributed by atoms with Crippen LogP contribution >= 0.6 is 0 Å². The van der Waals surface area contributed by atoms with Crippen molar-refractivity contribution in [3.8, 4) is 17.2 Å². The van der Waals surface area contributed by atoms with Crippen LogP contribution in [0.1, 0.15) is 16.7 Å². The number of H-pyrrole nitrogens is 1. The molecule has 0 aliphatic carbocycles. The standard InChI is InChI=1S/C25H29N5O5/c1-32-19-13-18-20(22(34-3)21(19)33-2)24(31)28-25(27-18)30-8-7-16-15(14-30)5-4-6-17(16)23(26)29-9-11-35-12-10-29/h4-6,13,26H,7-12,14H2,1-3H3,(H,27,28,31). The molecule has 1 aromatic heterocycles. The van der Waals surface area contributed by atoms with E-state index >= 15 is 0 Å². The smallest absolute Gasteiger partial charge is 0.286 e. The number of anilines is 1. The predicted octanol–water partition coefficient (Wildman–Crippen LogP) is 2.17. The first kappa shape index (κ1) is 23.0. The summed E-state index contributed by atoms with van der Waals surface area (Å²) in [5, 5.41) is 9.08. The van der Waals surface area contributed by atoms with Crippen molar-refractivity contribution >= 4 is 22.7 Å². The minimum Gasteiger partial charge on any atom is -0.493 e. The second-order valence-corrected chi connectivity index (χ2v) is 8.50. The molecule has 3 heterocycles. The molecule has 1 fully saturated rings. The lowest BCUT2D eigenvalue weighted by Gasteiger charge is -2.33. The van der Waals surface area contributed by atoms with E-state index in [2.05, 4.69) is 25.8 Å². The van der Waals surface area contributed by atoms with Crippen LogP contribution in [0.15, 0.2) is 29.1 Å². The highest BCUT2D eigenvalue weighted by atomic mass is 16.5. The molecule has 0 saturated carbocycles. The molecule has 2 aromatic carbocycles. The van der Waals surface area contributed by atoms with Gasteiger partial charge in [0.1, 0.15) is 11.2 Å². The number of methoxy groups -OCH3 is 3. The number of fused-ring (bicyclic) bond motifs is 2. The zero-order valence-corrected chi connectivity index (χ0v) is 20.1. The van der Waals surface area contributed by atoms with Gasteiger partial charge in [0, 0.05) is 37.8 Å². The molecule has 0 atom stereocenters. The van der Waals surface area contributed by atoms with Gasteiger partial charge in [0.25, 0.3) is 5.56 Å². The van der Waals surface area contributed by atoms with Gasteiger partial charge in [-0.05, 0) is 17.5 Å². The van der Waals surface area contributed by atoms with Gasteiger partial charge in [-0.15, -0.1) is 0 Å². The van der Waals surface area contributed by atoms with Crippen molar-refractivity contribution in [1.29, 1.82) is 5.41 Å². The van der Waals surface area contributed by atoms with Gasteiger partial charge < -0.3 is 33.7 Å². The van der Waals surface area contributed by atoms with Crippen molar-refractivity contribution in [3.63, 3.8) is 0 Å². The van der Waals surface area contributed by atoms with E-state index in [-0.39, 0.29) is 5.75 Å². The third-order valence-electron chi connectivity index (χ3n) is 6.65. The minimum atomic E-state index is -0.403. The molecule has 10 heteroatoms. The quantitative estimate of drug-likeness (QED) is 0.423. The van der Waals surface area contributed by atoms with E-state index in [1.807, 2.05) is 12.1 Å². The summed E-state index contributed by atoms with van der Waals surface area (Å²) in [4.78, 5) is 24.8. The summed E-state index contributed by atoms with van der Waals surface area (Å²) in [5.41, 5.74) is 3.42. The Morgan fingerprint density at radius 1 is 1.09 bits per heavy atom. The number of ether oxygens (including phenoxy) is 4. The summed E-state index contributed by atoms with van der Waals surface area (Å²) in [7, 11) is 4.52. The van der Waals surface area contributed by atoms with Crippen molar-refractivity contribution in [2.45, 2.75) is 13.0 Å². The highest BCUT2D eigenvalue weighted by molar-refractivity contribution is 5.98. The van der Waals surface area contributed by atoms with Gasteiger partial charge in [0.15, 0.2) is 11.5 Å². The van der Waals surface area contributed by atoms with Crippen LogP contribution in [0.3, 0.4) is 0 Å². The topological polar surface area (TPSA) is 113 Å². The first-order valence-electron chi connectivity index (χ1n) is 11.6. The molecule has 35 heavy (non-hydrogen) atoms. The van der Waals surface area contributed by atoms with Crippen LogP contribution in [0.4, 0.5) is 5.95 Å². The molecular formula is C25H29N5O5. The van der Waals surface area contributed by atoms with Gasteiger partial charge in [0.05, 0.1) is 40.1 Å². The Bertz CT molecular complexity index is 1330. The highest BCUT2D eigenvalue weighted by Gasteiger charge is 2.26. The molecule has 3 aromatic rings. The number of morpholine rings is 1. The van der Waals surface area contributed by atoms with E-state index in [9.17, 15) is 4.79 Å². The molecule has 0 radical (unpaired) electrons. The lowest BCUT2D eigenvalue weighted by molar-refractivity contribution is 0.0679. The fraction of sp³-hybridized carbons (Fsp3) is 0.400. The normalized spacial score (nSPS) is 15.6. The van der Waals surface area contributed by atoms with Crippen molar-refractivity contribution in [2.75, 3.05) is 59.1 Å². The van der Waals surface area contributed by atoms with E-state index in [1.54, 1.807) is 6.07 Å². The number of hydrogen-bond acceptors (Lipinski definition) is 8. The van der Waals surface area contributed by atoms with Gasteiger partial charge in [-0.25, -0.2) is 0 Å². The van der Waals surface area contributed by atoms with E-state index in [0.717, 1.165) is 30.6 Å². The molecular weight excluding hydrogens is 450 g/mol. The van der Waals surface area contributed by atoms with Crippen molar-refractivity contribution in [1.82, 2.24) is 14.9 Å². The Hall–Kier alpha value is -3.79. The summed E-state index contributed by atoms with van der Waals surface area (Å²) < 4.78 is 21.8.